The fourth-order valence-electron chi connectivity index (χ4n) is 12.8. The van der Waals surface area contributed by atoms with Crippen molar-refractivity contribution in [2.75, 3.05) is 38.8 Å². The average molecular weight is 1600 g/mol. The molecule has 2 heterocycles. The fourth-order valence-corrected chi connectivity index (χ4v) is 13.7. The first kappa shape index (κ1) is 91.6. The van der Waals surface area contributed by atoms with Gasteiger partial charge in [0.2, 0.25) is 76.8 Å². The van der Waals surface area contributed by atoms with E-state index in [1.807, 2.05) is 30.3 Å². The Morgan fingerprint density at radius 3 is 1.55 bits per heavy atom. The van der Waals surface area contributed by atoms with E-state index in [9.17, 15) is 102 Å². The van der Waals surface area contributed by atoms with Gasteiger partial charge < -0.3 is 89.1 Å². The first-order chi connectivity index (χ1) is 54.0. The third kappa shape index (κ3) is 27.5. The van der Waals surface area contributed by atoms with E-state index in [4.69, 9.17) is 11.5 Å². The van der Waals surface area contributed by atoms with Crippen LogP contribution in [0, 0.1) is 11.8 Å². The van der Waals surface area contributed by atoms with Gasteiger partial charge in [-0.15, -0.1) is 11.8 Å². The van der Waals surface area contributed by atoms with Crippen LogP contribution in [0.1, 0.15) is 109 Å². The SMILES string of the molecule is C[C@@H]1CC(=O)[C@H](C)N(C)C(=O)[C@H](Cc2ccc(-c3ccccc3)cc2)NC(=O)[C@H](C)N(C)C(=O)[C@H](Cc2ccccc2)NC(=O)[C@H]([C@@H](C)O)NC(=O)[C@H]([C@@H](C)O)CC(=O)[C@H](CC(N)=O)NC(=O)[C@H](CCC(=O)O)NC(=O)[C@H](Cc2ccccc2)NC(=O)CSC[C@@H](C(=O)CCC(N)=O)NC(=O)[C@@H]2CCCN2C(=O)[C@H](CO)NC1=O. The maximum Gasteiger partial charge on any atom is 0.303 e. The molecule has 0 unspecified atom stereocenters. The van der Waals surface area contributed by atoms with Crippen LogP contribution >= 0.6 is 11.8 Å². The number of Topliss-reactive ketones (excluding diaryl/α,β-unsaturated/α-hetero) is 3. The minimum Gasteiger partial charge on any atom is -0.481 e. The second-order valence-electron chi connectivity index (χ2n) is 28.6. The van der Waals surface area contributed by atoms with Gasteiger partial charge in [0, 0.05) is 83.7 Å². The molecule has 0 aliphatic carbocycles. The van der Waals surface area contributed by atoms with Gasteiger partial charge in [-0.25, -0.2) is 0 Å². The molecule has 4 aromatic rings. The van der Waals surface area contributed by atoms with Gasteiger partial charge in [-0.05, 0) is 74.8 Å². The highest BCUT2D eigenvalue weighted by Gasteiger charge is 2.43. The minimum absolute atomic E-state index is 0.0283. The van der Waals surface area contributed by atoms with Crippen LogP contribution < -0.4 is 54.0 Å². The molecule has 2 fully saturated rings. The number of likely N-dealkylation sites (N-methyl/N-ethyl adjacent to an activating group) is 2. The summed E-state index contributed by atoms with van der Waals surface area (Å²) in [7, 11) is 2.54. The van der Waals surface area contributed by atoms with Crippen molar-refractivity contribution in [2.45, 2.75) is 190 Å². The predicted octanol–water partition coefficient (Wildman–Crippen LogP) is -1.81. The number of carboxylic acid groups (broad SMARTS) is 1. The number of carbonyl (C=O) groups excluding carboxylic acids is 16. The molecule has 616 valence electrons. The molecule has 34 nitrogen and oxygen atoms in total. The Morgan fingerprint density at radius 2 is 1.01 bits per heavy atom. The first-order valence-electron chi connectivity index (χ1n) is 37.4. The van der Waals surface area contributed by atoms with Gasteiger partial charge in [0.25, 0.3) is 0 Å². The summed E-state index contributed by atoms with van der Waals surface area (Å²) < 4.78 is 0. The zero-order valence-electron chi connectivity index (χ0n) is 64.6. The number of fused-ring (bicyclic) bond motifs is 1. The number of benzene rings is 4. The van der Waals surface area contributed by atoms with Gasteiger partial charge in [0.1, 0.15) is 48.3 Å². The molecule has 0 radical (unpaired) electrons. The number of aliphatic hydroxyl groups is 3. The highest BCUT2D eigenvalue weighted by atomic mass is 32.2. The average Bonchev–Trinajstić information content (AvgIpc) is 1.63. The lowest BCUT2D eigenvalue weighted by atomic mass is 9.91. The molecule has 13 amide bonds. The number of aliphatic hydroxyl groups excluding tert-OH is 3. The third-order valence-electron chi connectivity index (χ3n) is 19.9. The predicted molar refractivity (Wildman–Crippen MR) is 414 cm³/mol. The van der Waals surface area contributed by atoms with E-state index >= 15 is 0 Å². The Labute approximate surface area is 663 Å². The number of nitrogens with zero attached hydrogens (tertiary/aromatic N) is 3. The summed E-state index contributed by atoms with van der Waals surface area (Å²) in [6, 6.07) is 15.1. The molecule has 114 heavy (non-hydrogen) atoms. The number of primary amides is 2. The van der Waals surface area contributed by atoms with Gasteiger partial charge in [0.15, 0.2) is 17.3 Å². The molecule has 0 saturated carbocycles. The van der Waals surface area contributed by atoms with Gasteiger partial charge in [-0.2, -0.15) is 0 Å². The molecule has 0 spiro atoms. The summed E-state index contributed by atoms with van der Waals surface area (Å²) >= 11 is 0.779. The van der Waals surface area contributed by atoms with Gasteiger partial charge in [0.05, 0.1) is 55.0 Å². The van der Waals surface area contributed by atoms with E-state index in [2.05, 4.69) is 42.5 Å². The number of nitrogens with two attached hydrogens (primary N) is 2. The number of carboxylic acids is 1. The summed E-state index contributed by atoms with van der Waals surface area (Å²) in [4.78, 5) is 241. The van der Waals surface area contributed by atoms with Crippen LogP contribution in [0.5, 0.6) is 0 Å². The summed E-state index contributed by atoms with van der Waals surface area (Å²) in [5, 5.41) is 62.6. The Morgan fingerprint density at radius 1 is 0.500 bits per heavy atom. The van der Waals surface area contributed by atoms with E-state index in [-0.39, 0.29) is 44.4 Å². The van der Waals surface area contributed by atoms with Gasteiger partial charge >= 0.3 is 5.97 Å². The van der Waals surface area contributed by atoms with Crippen LogP contribution in [0.15, 0.2) is 115 Å². The van der Waals surface area contributed by atoms with Crippen LogP contribution in [0.3, 0.4) is 0 Å². The zero-order valence-corrected chi connectivity index (χ0v) is 65.4. The monoisotopic (exact) mass is 1600 g/mol. The van der Waals surface area contributed by atoms with E-state index < -0.39 is 248 Å². The van der Waals surface area contributed by atoms with Crippen molar-refractivity contribution in [2.24, 2.45) is 23.3 Å². The van der Waals surface area contributed by atoms with Crippen LogP contribution in [-0.4, -0.2) is 253 Å². The summed E-state index contributed by atoms with van der Waals surface area (Å²) in [6.45, 7) is 5.22. The Hall–Kier alpha value is -11.3. The molecule has 4 aromatic carbocycles. The fraction of sp³-hybridized carbons (Fsp3) is 0.481. The number of amides is 13. The molecule has 2 saturated heterocycles. The minimum atomic E-state index is -1.97. The summed E-state index contributed by atoms with van der Waals surface area (Å²) in [5.41, 5.74) is 14.1. The molecule has 2 aliphatic heterocycles. The normalized spacial score (nSPS) is 25.4. The molecule has 0 bridgehead atoms. The van der Waals surface area contributed by atoms with Crippen LogP contribution in [0.25, 0.3) is 11.1 Å². The smallest absolute Gasteiger partial charge is 0.303 e. The van der Waals surface area contributed by atoms with Crippen molar-refractivity contribution in [3.05, 3.63) is 132 Å². The number of carbonyl (C=O) groups is 17. The van der Waals surface area contributed by atoms with Crippen LogP contribution in [-0.2, 0) is 101 Å². The van der Waals surface area contributed by atoms with E-state index in [0.717, 1.165) is 51.4 Å². The lowest BCUT2D eigenvalue weighted by molar-refractivity contribution is -0.145. The Kier molecular flexibility index (Phi) is 35.5. The van der Waals surface area contributed by atoms with Gasteiger partial charge in [-0.1, -0.05) is 122 Å². The molecule has 2 aliphatic rings. The second kappa shape index (κ2) is 44.2. The molecule has 35 heteroatoms. The lowest BCUT2D eigenvalue weighted by Gasteiger charge is -2.33. The van der Waals surface area contributed by atoms with Crippen molar-refractivity contribution in [1.29, 1.82) is 0 Å². The van der Waals surface area contributed by atoms with E-state index in [1.54, 1.807) is 84.9 Å². The Bertz CT molecular complexity index is 4100. The standard InChI is InChI=1S/C79H103N13O21S/c1-43-34-63(97)44(2)90(6)77(111)57(37-50-25-27-52(28-26-50)51-22-15-10-16-23-51)85-71(105)45(3)91(7)78(112)58(36-49-20-13-9-14-21-49)86-76(110)69(47(5)95)89-72(106)53(46(4)94)38-64(98)55(39-66(81)100)84-73(107)54(29-32-68(102)103)83-74(108)56(35-48-18-11-8-12-19-48)82-67(101)42-114-41-60(62(96)30-31-65(80)99)88-75(109)61-24-17-33-92(61)79(113)59(40-93)87-70(43)104/h8-16,18-23,25-28,43-47,53-61,69,93-95H,17,24,29-42H2,1-7H3,(H2,80,99)(H2,81,100)(H,82,101)(H,83,108)(H,84,107)(H,85,105)(H,86,110)(H,87,104)(H,88,109)(H,89,106)(H,102,103)/t43-,44+,45+,46-,47-,53+,54+,55+,56+,57+,58+,59+,60+,61+,69+/m1/s1. The highest BCUT2D eigenvalue weighted by molar-refractivity contribution is 8.00. The third-order valence-corrected chi connectivity index (χ3v) is 20.9. The number of hydrogen-bond donors (Lipinski definition) is 14. The first-order valence-corrected chi connectivity index (χ1v) is 38.5. The largest absolute Gasteiger partial charge is 0.481 e. The molecular weight excluding hydrogens is 1500 g/mol. The number of ketones is 3. The maximum absolute atomic E-state index is 14.9. The quantitative estimate of drug-likeness (QED) is 0.0492. The molecular formula is C79H103N13O21S. The molecule has 16 N–H and O–H groups in total. The van der Waals surface area contributed by atoms with E-state index in [1.165, 1.54) is 34.9 Å². The number of rotatable bonds is 19. The molecule has 6 rings (SSSR count). The van der Waals surface area contributed by atoms with Crippen molar-refractivity contribution < 1.29 is 102 Å². The van der Waals surface area contributed by atoms with Crippen molar-refractivity contribution >= 4 is 112 Å². The van der Waals surface area contributed by atoms with Crippen molar-refractivity contribution in [3.8, 4) is 11.1 Å². The second-order valence-corrected chi connectivity index (χ2v) is 29.7. The van der Waals surface area contributed by atoms with Crippen molar-refractivity contribution in [3.63, 3.8) is 0 Å². The Balaban J connectivity index is 1.38. The summed E-state index contributed by atoms with van der Waals surface area (Å²) in [6.07, 6.45) is -8.94. The highest BCUT2D eigenvalue weighted by Crippen LogP contribution is 2.24. The van der Waals surface area contributed by atoms with E-state index in [0.29, 0.717) is 16.7 Å². The summed E-state index contributed by atoms with van der Waals surface area (Å²) in [5.74, 6) is -20.9. The molecule has 15 atom stereocenters. The van der Waals surface area contributed by atoms with Gasteiger partial charge in [-0.3, -0.25) is 81.5 Å². The lowest BCUT2D eigenvalue weighted by Crippen LogP contribution is -2.61. The number of thioether (sulfide) groups is 1. The zero-order chi connectivity index (χ0) is 84.2. The number of hydrogen-bond acceptors (Lipinski definition) is 21. The van der Waals surface area contributed by atoms with Crippen LogP contribution in [0.4, 0.5) is 0 Å². The number of nitrogens with one attached hydrogen (secondary N) is 8. The molecule has 0 aromatic heterocycles. The van der Waals surface area contributed by atoms with Crippen molar-refractivity contribution in [1.82, 2.24) is 57.2 Å². The maximum atomic E-state index is 14.9. The number of aliphatic carboxylic acids is 1. The van der Waals surface area contributed by atoms with Crippen LogP contribution in [0.2, 0.25) is 0 Å². The topological polar surface area (TPSA) is 529 Å².